The molecule has 0 aliphatic carbocycles. The third-order valence-electron chi connectivity index (χ3n) is 4.67. The third-order valence-corrected chi connectivity index (χ3v) is 4.67. The maximum absolute atomic E-state index is 12.0. The van der Waals surface area contributed by atoms with Crippen LogP contribution < -0.4 is 10.2 Å². The minimum atomic E-state index is -0.0415. The summed E-state index contributed by atoms with van der Waals surface area (Å²) in [4.78, 5) is 14.3. The quantitative estimate of drug-likeness (QED) is 0.869. The molecular weight excluding hydrogens is 300 g/mol. The summed E-state index contributed by atoms with van der Waals surface area (Å²) in [6.45, 7) is 10.2. The fourth-order valence-electron chi connectivity index (χ4n) is 3.15. The van der Waals surface area contributed by atoms with Gasteiger partial charge >= 0.3 is 0 Å². The number of aromatic nitrogens is 1. The van der Waals surface area contributed by atoms with Gasteiger partial charge in [-0.1, -0.05) is 45.0 Å². The van der Waals surface area contributed by atoms with Crippen LogP contribution in [0.5, 0.6) is 5.75 Å². The monoisotopic (exact) mass is 326 g/mol. The molecule has 2 heterocycles. The van der Waals surface area contributed by atoms with Crippen molar-refractivity contribution in [3.63, 3.8) is 0 Å². The van der Waals surface area contributed by atoms with Crippen molar-refractivity contribution in [3.05, 3.63) is 63.6 Å². The van der Waals surface area contributed by atoms with Crippen molar-refractivity contribution in [2.45, 2.75) is 45.8 Å². The third kappa shape index (κ3) is 3.54. The number of pyridine rings is 1. The molecule has 0 radical (unpaired) electrons. The van der Waals surface area contributed by atoms with E-state index in [4.69, 9.17) is 4.74 Å². The van der Waals surface area contributed by atoms with Crippen LogP contribution in [0.2, 0.25) is 0 Å². The Balaban J connectivity index is 1.72. The number of nitrogens with zero attached hydrogens (tertiary/aromatic N) is 2. The highest BCUT2D eigenvalue weighted by molar-refractivity contribution is 5.28. The van der Waals surface area contributed by atoms with E-state index in [2.05, 4.69) is 54.5 Å². The summed E-state index contributed by atoms with van der Waals surface area (Å²) >= 11 is 0. The summed E-state index contributed by atoms with van der Waals surface area (Å²) in [6, 6.07) is 10.6. The van der Waals surface area contributed by atoms with Gasteiger partial charge in [0.15, 0.2) is 5.75 Å². The van der Waals surface area contributed by atoms with Crippen LogP contribution in [-0.2, 0) is 25.0 Å². The number of fused-ring (bicyclic) bond motifs is 1. The second-order valence-corrected chi connectivity index (χ2v) is 7.55. The molecule has 128 valence electrons. The molecule has 4 heteroatoms. The summed E-state index contributed by atoms with van der Waals surface area (Å²) in [7, 11) is 1.54. The molecule has 0 N–H and O–H groups in total. The van der Waals surface area contributed by atoms with Crippen molar-refractivity contribution in [1.29, 1.82) is 0 Å². The van der Waals surface area contributed by atoms with E-state index in [0.717, 1.165) is 31.9 Å². The Hall–Kier alpha value is -2.07. The lowest BCUT2D eigenvalue weighted by Crippen LogP contribution is -2.34. The topological polar surface area (TPSA) is 34.5 Å². The van der Waals surface area contributed by atoms with E-state index in [-0.39, 0.29) is 10.8 Å². The lowest BCUT2D eigenvalue weighted by molar-refractivity contribution is 0.210. The first-order chi connectivity index (χ1) is 11.4. The van der Waals surface area contributed by atoms with Gasteiger partial charge in [0, 0.05) is 37.9 Å². The number of benzene rings is 1. The zero-order valence-electron chi connectivity index (χ0n) is 15.0. The van der Waals surface area contributed by atoms with Crippen molar-refractivity contribution >= 4 is 0 Å². The molecule has 0 amide bonds. The zero-order valence-corrected chi connectivity index (χ0v) is 15.0. The maximum Gasteiger partial charge on any atom is 0.223 e. The Morgan fingerprint density at radius 3 is 2.46 bits per heavy atom. The Morgan fingerprint density at radius 2 is 1.83 bits per heavy atom. The molecule has 0 bridgehead atoms. The fourth-order valence-corrected chi connectivity index (χ4v) is 3.15. The first-order valence-corrected chi connectivity index (χ1v) is 8.46. The van der Waals surface area contributed by atoms with Crippen LogP contribution in [0.15, 0.2) is 41.3 Å². The van der Waals surface area contributed by atoms with Crippen LogP contribution in [0.3, 0.4) is 0 Å². The number of rotatable bonds is 3. The molecule has 24 heavy (non-hydrogen) atoms. The van der Waals surface area contributed by atoms with Crippen LogP contribution in [0.25, 0.3) is 0 Å². The molecule has 0 atom stereocenters. The van der Waals surface area contributed by atoms with Gasteiger partial charge in [-0.05, 0) is 16.5 Å². The van der Waals surface area contributed by atoms with Gasteiger partial charge in [-0.3, -0.25) is 9.69 Å². The highest BCUT2D eigenvalue weighted by Crippen LogP contribution is 2.23. The molecule has 1 aromatic carbocycles. The lowest BCUT2D eigenvalue weighted by atomic mass is 9.87. The van der Waals surface area contributed by atoms with Crippen molar-refractivity contribution in [3.8, 4) is 5.75 Å². The molecule has 3 rings (SSSR count). The number of methoxy groups -OCH3 is 1. The number of ether oxygens (including phenoxy) is 1. The summed E-state index contributed by atoms with van der Waals surface area (Å²) < 4.78 is 7.25. The van der Waals surface area contributed by atoms with Crippen LogP contribution in [-0.4, -0.2) is 23.1 Å². The molecule has 1 aliphatic rings. The van der Waals surface area contributed by atoms with E-state index in [1.165, 1.54) is 11.1 Å². The fraction of sp³-hybridized carbons (Fsp3) is 0.450. The largest absolute Gasteiger partial charge is 0.491 e. The van der Waals surface area contributed by atoms with Gasteiger partial charge < -0.3 is 9.30 Å². The predicted molar refractivity (Wildman–Crippen MR) is 96.5 cm³/mol. The van der Waals surface area contributed by atoms with E-state index in [1.54, 1.807) is 13.2 Å². The lowest BCUT2D eigenvalue weighted by Gasteiger charge is -2.30. The van der Waals surface area contributed by atoms with Gasteiger partial charge in [-0.2, -0.15) is 0 Å². The first-order valence-electron chi connectivity index (χ1n) is 8.46. The van der Waals surface area contributed by atoms with Gasteiger partial charge in [0.2, 0.25) is 5.43 Å². The maximum atomic E-state index is 12.0. The molecule has 1 aromatic heterocycles. The van der Waals surface area contributed by atoms with Gasteiger partial charge in [-0.15, -0.1) is 0 Å². The Bertz CT molecular complexity index is 770. The molecule has 0 spiro atoms. The van der Waals surface area contributed by atoms with E-state index < -0.39 is 0 Å². The Kier molecular flexibility index (Phi) is 4.50. The molecule has 0 unspecified atom stereocenters. The Morgan fingerprint density at radius 1 is 1.12 bits per heavy atom. The molecule has 0 fully saturated rings. The smallest absolute Gasteiger partial charge is 0.223 e. The van der Waals surface area contributed by atoms with Gasteiger partial charge in [0.25, 0.3) is 0 Å². The van der Waals surface area contributed by atoms with Crippen LogP contribution in [0.1, 0.15) is 37.6 Å². The SMILES string of the molecule is COc1cn2c(cc1=O)CN(Cc1ccc(C(C)(C)C)cc1)CC2. The second kappa shape index (κ2) is 6.44. The van der Waals surface area contributed by atoms with Crippen molar-refractivity contribution in [2.75, 3.05) is 13.7 Å². The summed E-state index contributed by atoms with van der Waals surface area (Å²) in [6.07, 6.45) is 1.83. The summed E-state index contributed by atoms with van der Waals surface area (Å²) in [5, 5.41) is 0. The first kappa shape index (κ1) is 16.8. The van der Waals surface area contributed by atoms with Gasteiger partial charge in [0.1, 0.15) is 0 Å². The molecule has 4 nitrogen and oxygen atoms in total. The molecular formula is C20H26N2O2. The van der Waals surface area contributed by atoms with E-state index >= 15 is 0 Å². The number of hydrogen-bond donors (Lipinski definition) is 0. The van der Waals surface area contributed by atoms with Crippen molar-refractivity contribution in [2.24, 2.45) is 0 Å². The van der Waals surface area contributed by atoms with E-state index in [9.17, 15) is 4.79 Å². The van der Waals surface area contributed by atoms with Crippen molar-refractivity contribution < 1.29 is 4.74 Å². The Labute approximate surface area is 143 Å². The van der Waals surface area contributed by atoms with Gasteiger partial charge in [0.05, 0.1) is 13.3 Å². The minimum Gasteiger partial charge on any atom is -0.491 e. The van der Waals surface area contributed by atoms with E-state index in [1.807, 2.05) is 6.20 Å². The van der Waals surface area contributed by atoms with Crippen molar-refractivity contribution in [1.82, 2.24) is 9.47 Å². The summed E-state index contributed by atoms with van der Waals surface area (Å²) in [5.74, 6) is 0.421. The van der Waals surface area contributed by atoms with E-state index in [0.29, 0.717) is 5.75 Å². The highest BCUT2D eigenvalue weighted by Gasteiger charge is 2.18. The summed E-state index contributed by atoms with van der Waals surface area (Å²) in [5.41, 5.74) is 3.86. The average molecular weight is 326 g/mol. The zero-order chi connectivity index (χ0) is 17.3. The van der Waals surface area contributed by atoms with Crippen LogP contribution >= 0.6 is 0 Å². The minimum absolute atomic E-state index is 0.0415. The molecule has 0 saturated heterocycles. The predicted octanol–water partition coefficient (Wildman–Crippen LogP) is 3.17. The van der Waals surface area contributed by atoms with Crippen LogP contribution in [0, 0.1) is 0 Å². The number of hydrogen-bond acceptors (Lipinski definition) is 3. The standard InChI is InChI=1S/C20H26N2O2/c1-20(2,3)16-7-5-15(6-8-16)12-21-9-10-22-14-19(24-4)18(23)11-17(22)13-21/h5-8,11,14H,9-10,12-13H2,1-4H3. The molecule has 2 aromatic rings. The van der Waals surface area contributed by atoms with Crippen LogP contribution in [0.4, 0.5) is 0 Å². The molecule has 0 saturated carbocycles. The highest BCUT2D eigenvalue weighted by atomic mass is 16.5. The normalized spacial score (nSPS) is 15.2. The average Bonchev–Trinajstić information content (AvgIpc) is 2.54. The van der Waals surface area contributed by atoms with Gasteiger partial charge in [-0.25, -0.2) is 0 Å². The molecule has 1 aliphatic heterocycles. The second-order valence-electron chi connectivity index (χ2n) is 7.55.